The lowest BCUT2D eigenvalue weighted by molar-refractivity contribution is -0.148. The van der Waals surface area contributed by atoms with Gasteiger partial charge in [0.05, 0.1) is 19.2 Å². The average molecular weight is 425 g/mol. The number of nitrogens with one attached hydrogen (secondary N) is 1. The molecule has 2 aromatic carbocycles. The van der Waals surface area contributed by atoms with Gasteiger partial charge in [-0.15, -0.1) is 0 Å². The van der Waals surface area contributed by atoms with E-state index in [1.54, 1.807) is 55.5 Å². The third-order valence-corrected chi connectivity index (χ3v) is 4.69. The maximum absolute atomic E-state index is 13.1. The summed E-state index contributed by atoms with van der Waals surface area (Å²) < 4.78 is 10.6. The van der Waals surface area contributed by atoms with Crippen LogP contribution in [-0.4, -0.2) is 48.4 Å². The van der Waals surface area contributed by atoms with Crippen molar-refractivity contribution in [1.29, 1.82) is 0 Å². The van der Waals surface area contributed by atoms with Crippen LogP contribution in [-0.2, 0) is 19.2 Å². The van der Waals surface area contributed by atoms with E-state index in [1.165, 1.54) is 7.11 Å². The minimum absolute atomic E-state index is 0.0342. The summed E-state index contributed by atoms with van der Waals surface area (Å²) in [6.07, 6.45) is -0.227. The zero-order chi connectivity index (χ0) is 22.4. The summed E-state index contributed by atoms with van der Waals surface area (Å²) in [7, 11) is 1.43. The van der Waals surface area contributed by atoms with Gasteiger partial charge in [-0.3, -0.25) is 24.6 Å². The number of hydrogen-bond acceptors (Lipinski definition) is 6. The molecule has 9 nitrogen and oxygen atoms in total. The van der Waals surface area contributed by atoms with Gasteiger partial charge in [0.2, 0.25) is 11.8 Å². The first-order chi connectivity index (χ1) is 15.0. The molecule has 0 saturated carbocycles. The second-order valence-corrected chi connectivity index (χ2v) is 6.71. The topological polar surface area (TPSA) is 105 Å². The SMILES string of the molecule is CCC(=O)N(NC(=O)COc1ccccc1)C1CC(=O)N(c2ccccc2OC)C1=O. The predicted molar refractivity (Wildman–Crippen MR) is 111 cm³/mol. The molecule has 0 bridgehead atoms. The number of imide groups is 1. The summed E-state index contributed by atoms with van der Waals surface area (Å²) >= 11 is 0. The Morgan fingerprint density at radius 3 is 2.45 bits per heavy atom. The summed E-state index contributed by atoms with van der Waals surface area (Å²) in [5.74, 6) is -1.41. The number of hydrogen-bond donors (Lipinski definition) is 1. The molecule has 4 amide bonds. The van der Waals surface area contributed by atoms with Crippen LogP contribution in [0.15, 0.2) is 54.6 Å². The summed E-state index contributed by atoms with van der Waals surface area (Å²) in [4.78, 5) is 51.6. The molecule has 2 aromatic rings. The predicted octanol–water partition coefficient (Wildman–Crippen LogP) is 1.68. The van der Waals surface area contributed by atoms with Gasteiger partial charge in [0.15, 0.2) is 6.61 Å². The van der Waals surface area contributed by atoms with Gasteiger partial charge < -0.3 is 9.47 Å². The number of benzene rings is 2. The van der Waals surface area contributed by atoms with Crippen LogP contribution >= 0.6 is 0 Å². The fraction of sp³-hybridized carbons (Fsp3) is 0.273. The standard InChI is InChI=1S/C22H23N3O6/c1-3-20(27)25(23-19(26)14-31-15-9-5-4-6-10-15)17-13-21(28)24(22(17)29)16-11-7-8-12-18(16)30-2/h4-12,17H,3,13-14H2,1-2H3,(H,23,26). The monoisotopic (exact) mass is 425 g/mol. The average Bonchev–Trinajstić information content (AvgIpc) is 3.09. The summed E-state index contributed by atoms with van der Waals surface area (Å²) in [6, 6.07) is 14.1. The van der Waals surface area contributed by atoms with Crippen molar-refractivity contribution in [2.45, 2.75) is 25.8 Å². The molecule has 1 atom stereocenters. The van der Waals surface area contributed by atoms with Crippen LogP contribution in [0, 0.1) is 0 Å². The number of anilines is 1. The molecule has 0 aliphatic carbocycles. The number of rotatable bonds is 7. The van der Waals surface area contributed by atoms with E-state index in [9.17, 15) is 19.2 Å². The Morgan fingerprint density at radius 2 is 1.77 bits per heavy atom. The minimum Gasteiger partial charge on any atom is -0.495 e. The van der Waals surface area contributed by atoms with Crippen molar-refractivity contribution in [2.75, 3.05) is 18.6 Å². The summed E-state index contributed by atoms with van der Waals surface area (Å²) in [5, 5.41) is 0.923. The molecule has 1 saturated heterocycles. The third kappa shape index (κ3) is 4.82. The molecule has 1 N–H and O–H groups in total. The molecule has 9 heteroatoms. The van der Waals surface area contributed by atoms with E-state index in [-0.39, 0.29) is 25.1 Å². The molecule has 1 fully saturated rings. The number of carbonyl (C=O) groups excluding carboxylic acids is 4. The van der Waals surface area contributed by atoms with Crippen LogP contribution in [0.3, 0.4) is 0 Å². The van der Waals surface area contributed by atoms with Crippen LogP contribution in [0.4, 0.5) is 5.69 Å². The fourth-order valence-corrected chi connectivity index (χ4v) is 3.20. The molecule has 0 radical (unpaired) electrons. The van der Waals surface area contributed by atoms with Crippen LogP contribution < -0.4 is 19.8 Å². The van der Waals surface area contributed by atoms with Crippen LogP contribution in [0.5, 0.6) is 11.5 Å². The molecule has 1 aliphatic rings. The number of carbonyl (C=O) groups is 4. The van der Waals surface area contributed by atoms with Crippen LogP contribution in [0.2, 0.25) is 0 Å². The summed E-state index contributed by atoms with van der Waals surface area (Å²) in [6.45, 7) is 1.24. The van der Waals surface area contributed by atoms with Crippen molar-refractivity contribution >= 4 is 29.3 Å². The van der Waals surface area contributed by atoms with Crippen molar-refractivity contribution in [3.05, 3.63) is 54.6 Å². The number of methoxy groups -OCH3 is 1. The Labute approximate surface area is 179 Å². The molecular weight excluding hydrogens is 402 g/mol. The lowest BCUT2D eigenvalue weighted by atomic mass is 10.2. The fourth-order valence-electron chi connectivity index (χ4n) is 3.20. The normalized spacial score (nSPS) is 15.5. The molecule has 162 valence electrons. The Balaban J connectivity index is 1.76. The lowest BCUT2D eigenvalue weighted by Gasteiger charge is -2.27. The van der Waals surface area contributed by atoms with Gasteiger partial charge in [-0.2, -0.15) is 0 Å². The van der Waals surface area contributed by atoms with Crippen molar-refractivity contribution < 1.29 is 28.7 Å². The molecule has 1 aliphatic heterocycles. The quantitative estimate of drug-likeness (QED) is 0.535. The van der Waals surface area contributed by atoms with E-state index in [0.717, 1.165) is 9.91 Å². The second-order valence-electron chi connectivity index (χ2n) is 6.71. The van der Waals surface area contributed by atoms with Crippen molar-refractivity contribution in [3.63, 3.8) is 0 Å². The molecular formula is C22H23N3O6. The molecule has 0 aromatic heterocycles. The van der Waals surface area contributed by atoms with E-state index in [2.05, 4.69) is 5.43 Å². The van der Waals surface area contributed by atoms with Gasteiger partial charge >= 0.3 is 0 Å². The van der Waals surface area contributed by atoms with E-state index in [1.807, 2.05) is 6.07 Å². The Bertz CT molecular complexity index is 978. The molecule has 3 rings (SSSR count). The zero-order valence-electron chi connectivity index (χ0n) is 17.2. The highest BCUT2D eigenvalue weighted by atomic mass is 16.5. The first kappa shape index (κ1) is 21.8. The molecule has 0 spiro atoms. The minimum atomic E-state index is -1.16. The van der Waals surface area contributed by atoms with Crippen LogP contribution in [0.1, 0.15) is 19.8 Å². The smallest absolute Gasteiger partial charge is 0.276 e. The van der Waals surface area contributed by atoms with E-state index >= 15 is 0 Å². The number of amides is 4. The van der Waals surface area contributed by atoms with Crippen molar-refractivity contribution in [1.82, 2.24) is 10.4 Å². The van der Waals surface area contributed by atoms with Gasteiger partial charge in [0, 0.05) is 6.42 Å². The third-order valence-electron chi connectivity index (χ3n) is 4.69. The number of para-hydroxylation sites is 3. The van der Waals surface area contributed by atoms with Gasteiger partial charge in [-0.1, -0.05) is 37.3 Å². The van der Waals surface area contributed by atoms with Crippen molar-refractivity contribution in [3.8, 4) is 11.5 Å². The number of nitrogens with zero attached hydrogens (tertiary/aromatic N) is 2. The molecule has 31 heavy (non-hydrogen) atoms. The number of ether oxygens (including phenoxy) is 2. The van der Waals surface area contributed by atoms with Gasteiger partial charge in [0.1, 0.15) is 17.5 Å². The highest BCUT2D eigenvalue weighted by Gasteiger charge is 2.45. The first-order valence-electron chi connectivity index (χ1n) is 9.75. The van der Waals surface area contributed by atoms with E-state index in [4.69, 9.17) is 9.47 Å². The maximum Gasteiger partial charge on any atom is 0.276 e. The maximum atomic E-state index is 13.1. The van der Waals surface area contributed by atoms with Crippen LogP contribution in [0.25, 0.3) is 0 Å². The number of hydrazine groups is 1. The Hall–Kier alpha value is -3.88. The summed E-state index contributed by atoms with van der Waals surface area (Å²) in [5.41, 5.74) is 2.70. The first-order valence-corrected chi connectivity index (χ1v) is 9.75. The second kappa shape index (κ2) is 9.75. The highest BCUT2D eigenvalue weighted by Crippen LogP contribution is 2.32. The largest absolute Gasteiger partial charge is 0.495 e. The van der Waals surface area contributed by atoms with Gasteiger partial charge in [-0.25, -0.2) is 9.91 Å². The Morgan fingerprint density at radius 1 is 1.10 bits per heavy atom. The van der Waals surface area contributed by atoms with E-state index in [0.29, 0.717) is 11.5 Å². The van der Waals surface area contributed by atoms with E-state index < -0.39 is 29.7 Å². The lowest BCUT2D eigenvalue weighted by Crippen LogP contribution is -2.55. The van der Waals surface area contributed by atoms with Crippen molar-refractivity contribution in [2.24, 2.45) is 0 Å². The van der Waals surface area contributed by atoms with Gasteiger partial charge in [-0.05, 0) is 24.3 Å². The Kier molecular flexibility index (Phi) is 6.86. The molecule has 1 heterocycles. The zero-order valence-corrected chi connectivity index (χ0v) is 17.2. The van der Waals surface area contributed by atoms with Gasteiger partial charge in [0.25, 0.3) is 11.8 Å². The molecule has 1 unspecified atom stereocenters. The highest BCUT2D eigenvalue weighted by molar-refractivity contribution is 6.23.